The van der Waals surface area contributed by atoms with Gasteiger partial charge in [-0.3, -0.25) is 43.8 Å². The number of hydrogen-bond donors (Lipinski definition) is 3. The van der Waals surface area contributed by atoms with Crippen LogP contribution in [0.1, 0.15) is 82.5 Å². The number of rotatable bonds is 21. The van der Waals surface area contributed by atoms with Crippen LogP contribution in [-0.4, -0.2) is 91.1 Å². The zero-order chi connectivity index (χ0) is 53.3. The Kier molecular flexibility index (Phi) is 17.0. The molecule has 18 nitrogen and oxygen atoms in total. The van der Waals surface area contributed by atoms with Crippen molar-refractivity contribution in [3.63, 3.8) is 0 Å². The Labute approximate surface area is 453 Å². The first-order valence-electron chi connectivity index (χ1n) is 24.0. The molecule has 1 aliphatic rings. The van der Waals surface area contributed by atoms with Gasteiger partial charge in [0.25, 0.3) is 17.5 Å². The average molecular weight is 1100 g/mol. The van der Waals surface area contributed by atoms with Crippen LogP contribution in [0.3, 0.4) is 0 Å². The van der Waals surface area contributed by atoms with Crippen molar-refractivity contribution in [1.82, 2.24) is 40.7 Å². The number of carbonyl (C=O) groups excluding carboxylic acids is 4. The van der Waals surface area contributed by atoms with E-state index in [4.69, 9.17) is 26.1 Å². The minimum Gasteiger partial charge on any atom is -0.489 e. The number of carbonyl (C=O) groups is 4. The molecule has 3 amide bonds. The van der Waals surface area contributed by atoms with Crippen LogP contribution in [0.25, 0.3) is 15.9 Å². The van der Waals surface area contributed by atoms with Gasteiger partial charge in [0.15, 0.2) is 10.9 Å². The number of benzene rings is 4. The zero-order valence-electron chi connectivity index (χ0n) is 41.3. The van der Waals surface area contributed by atoms with Gasteiger partial charge in [-0.2, -0.15) is 0 Å². The molecule has 0 unspecified atom stereocenters. The summed E-state index contributed by atoms with van der Waals surface area (Å²) in [6.07, 6.45) is 3.69. The maximum atomic E-state index is 13.8. The van der Waals surface area contributed by atoms with Crippen molar-refractivity contribution in [1.29, 1.82) is 0 Å². The second-order valence-electron chi connectivity index (χ2n) is 17.5. The van der Waals surface area contributed by atoms with E-state index < -0.39 is 16.9 Å². The fraction of sp³-hybridized carbons (Fsp3) is 0.241. The summed E-state index contributed by atoms with van der Waals surface area (Å²) in [6.45, 7) is 7.14. The number of aryl methyl sites for hydroxylation is 2. The number of nitrogens with zero attached hydrogens (tertiary/aromatic N) is 7. The number of thioether (sulfide) groups is 1. The molecule has 4 aromatic heterocycles. The number of nitrogens with one attached hydrogen (secondary N) is 3. The monoisotopic (exact) mass is 1100 g/mol. The van der Waals surface area contributed by atoms with E-state index >= 15 is 0 Å². The number of pyridine rings is 1. The molecule has 76 heavy (non-hydrogen) atoms. The second kappa shape index (κ2) is 24.3. The maximum absolute atomic E-state index is 13.8. The van der Waals surface area contributed by atoms with Gasteiger partial charge in [-0.05, 0) is 92.2 Å². The van der Waals surface area contributed by atoms with E-state index in [2.05, 4.69) is 50.0 Å². The Balaban J connectivity index is 0.825. The number of fused-ring (bicyclic) bond motifs is 4. The molecule has 1 atom stereocenters. The molecule has 0 spiro atoms. The van der Waals surface area contributed by atoms with Crippen LogP contribution in [0.15, 0.2) is 119 Å². The Bertz CT molecular complexity index is 3490. The third kappa shape index (κ3) is 12.7. The van der Waals surface area contributed by atoms with E-state index in [1.807, 2.05) is 41.1 Å². The van der Waals surface area contributed by atoms with Crippen LogP contribution in [0.4, 0.5) is 5.69 Å². The van der Waals surface area contributed by atoms with Crippen LogP contribution < -0.4 is 20.7 Å². The van der Waals surface area contributed by atoms with E-state index in [-0.39, 0.29) is 79.5 Å². The predicted octanol–water partition coefficient (Wildman–Crippen LogP) is 9.08. The molecule has 5 heterocycles. The van der Waals surface area contributed by atoms with Crippen molar-refractivity contribution in [2.45, 2.75) is 57.6 Å². The van der Waals surface area contributed by atoms with Crippen molar-refractivity contribution in [2.24, 2.45) is 4.99 Å². The normalized spacial score (nSPS) is 12.8. The molecule has 3 N–H and O–H groups in total. The van der Waals surface area contributed by atoms with E-state index in [1.165, 1.54) is 29.7 Å². The first-order chi connectivity index (χ1) is 36.8. The van der Waals surface area contributed by atoms with Crippen molar-refractivity contribution < 1.29 is 33.6 Å². The summed E-state index contributed by atoms with van der Waals surface area (Å²) in [7, 11) is 0. The molecule has 0 saturated heterocycles. The summed E-state index contributed by atoms with van der Waals surface area (Å²) in [5, 5.41) is 33.2. The number of para-hydroxylation sites is 1. The predicted molar refractivity (Wildman–Crippen MR) is 292 cm³/mol. The lowest BCUT2D eigenvalue weighted by molar-refractivity contribution is -0.384. The molecule has 0 aliphatic carbocycles. The molecule has 22 heteroatoms. The number of thiazole rings is 1. The molecular formula is C54H49ClN10O8S3. The highest BCUT2D eigenvalue weighted by Crippen LogP contribution is 2.40. The van der Waals surface area contributed by atoms with E-state index in [1.54, 1.807) is 72.1 Å². The van der Waals surface area contributed by atoms with Crippen LogP contribution in [-0.2, 0) is 33.8 Å². The number of aromatic nitrogens is 5. The van der Waals surface area contributed by atoms with E-state index in [0.29, 0.717) is 62.3 Å². The van der Waals surface area contributed by atoms with Crippen molar-refractivity contribution in [3.8, 4) is 10.8 Å². The number of amides is 3. The van der Waals surface area contributed by atoms with Gasteiger partial charge in [-0.1, -0.05) is 41.9 Å². The van der Waals surface area contributed by atoms with Gasteiger partial charge in [-0.15, -0.1) is 32.9 Å². The first-order valence-corrected chi connectivity index (χ1v) is 26.9. The number of non-ortho nitro benzene ring substituents is 1. The zero-order valence-corrected chi connectivity index (χ0v) is 44.5. The van der Waals surface area contributed by atoms with Gasteiger partial charge in [0.05, 0.1) is 46.4 Å². The topological polar surface area (TPSA) is 235 Å². The van der Waals surface area contributed by atoms with Crippen molar-refractivity contribution in [3.05, 3.63) is 184 Å². The molecule has 388 valence electrons. The van der Waals surface area contributed by atoms with E-state index in [0.717, 1.165) is 49.0 Å². The molecule has 0 fully saturated rings. The molecule has 8 aromatic rings. The summed E-state index contributed by atoms with van der Waals surface area (Å²) in [4.78, 5) is 80.6. The van der Waals surface area contributed by atoms with Gasteiger partial charge in [-0.25, -0.2) is 4.98 Å². The first kappa shape index (κ1) is 53.1. The van der Waals surface area contributed by atoms with Crippen LogP contribution >= 0.6 is 46.0 Å². The average Bonchev–Trinajstić information content (AvgIpc) is 4.15. The molecule has 0 saturated carbocycles. The van der Waals surface area contributed by atoms with Crippen LogP contribution in [0, 0.1) is 30.9 Å². The van der Waals surface area contributed by atoms with Crippen LogP contribution in [0.2, 0.25) is 5.02 Å². The standard InChI is InChI=1S/C54H49ClN10O8S3/c1-31-32(2)75-54-48(31)50(35-10-12-40(55)13-11-35)61-42(51-63-62-33(3)64(51)54)28-45(66)56-18-21-72-22-19-59-52(68)38-24-37-25-39(53(69)58-17-16-46-57-20-23-74-46)29-60-49(37)44(26-38)76-47(67)27-36-6-4-5-7-43(36)73-30-34-8-14-41(15-9-34)65(70)71/h4-15,20,23-26,29,42H,16-19,21-22,27-28,30H2,1-3H3,(H,56,66)(H,58,69)(H,59,68)/t42-/m0/s1. The smallest absolute Gasteiger partial charge is 0.269 e. The highest BCUT2D eigenvalue weighted by Gasteiger charge is 2.32. The van der Waals surface area contributed by atoms with E-state index in [9.17, 15) is 29.3 Å². The number of ether oxygens (including phenoxy) is 2. The summed E-state index contributed by atoms with van der Waals surface area (Å²) in [6, 6.07) is 24.8. The summed E-state index contributed by atoms with van der Waals surface area (Å²) >= 11 is 10.3. The Hall–Kier alpha value is -7.69. The van der Waals surface area contributed by atoms with Crippen molar-refractivity contribution in [2.75, 3.05) is 32.8 Å². The summed E-state index contributed by atoms with van der Waals surface area (Å²) in [5.41, 5.74) is 5.91. The Morgan fingerprint density at radius 3 is 2.37 bits per heavy atom. The second-order valence-corrected chi connectivity index (χ2v) is 21.2. The fourth-order valence-corrected chi connectivity index (χ4v) is 11.3. The van der Waals surface area contributed by atoms with Gasteiger partial charge in [0.1, 0.15) is 29.2 Å². The minimum atomic E-state index is -0.632. The maximum Gasteiger partial charge on any atom is 0.269 e. The number of thiophene rings is 1. The number of hydrogen-bond acceptors (Lipinski definition) is 16. The van der Waals surface area contributed by atoms with Crippen LogP contribution in [0.5, 0.6) is 5.75 Å². The molecule has 0 bridgehead atoms. The van der Waals surface area contributed by atoms with Gasteiger partial charge in [0, 0.05) is 105 Å². The number of nitro groups is 1. The Morgan fingerprint density at radius 2 is 1.61 bits per heavy atom. The quantitative estimate of drug-likeness (QED) is 0.0264. The lowest BCUT2D eigenvalue weighted by Crippen LogP contribution is -2.31. The number of nitro benzene ring substituents is 1. The van der Waals surface area contributed by atoms with Gasteiger partial charge >= 0.3 is 0 Å². The third-order valence-electron chi connectivity index (χ3n) is 12.3. The molecule has 9 rings (SSSR count). The Morgan fingerprint density at radius 1 is 0.868 bits per heavy atom. The summed E-state index contributed by atoms with van der Waals surface area (Å²) in [5.74, 6) is 0.685. The lowest BCUT2D eigenvalue weighted by Gasteiger charge is -2.13. The number of aliphatic imine (C=N–C) groups is 1. The largest absolute Gasteiger partial charge is 0.489 e. The number of halogens is 1. The minimum absolute atomic E-state index is 0.0126. The van der Waals surface area contributed by atoms with Gasteiger partial charge < -0.3 is 25.4 Å². The summed E-state index contributed by atoms with van der Waals surface area (Å²) < 4.78 is 13.9. The molecule has 1 aliphatic heterocycles. The van der Waals surface area contributed by atoms with Gasteiger partial charge in [0.2, 0.25) is 5.91 Å². The molecular weight excluding hydrogens is 1050 g/mol. The highest BCUT2D eigenvalue weighted by molar-refractivity contribution is 8.13. The molecule has 0 radical (unpaired) electrons. The highest BCUT2D eigenvalue weighted by atomic mass is 35.5. The fourth-order valence-electron chi connectivity index (χ4n) is 8.37. The SMILES string of the molecule is Cc1sc2c(c1C)C(c1ccc(Cl)cc1)=N[C@@H](CC(=O)NCCOCCNC(=O)c1cc(SC(=O)Cc3ccccc3OCc3ccc([N+](=O)[O-])cc3)c3ncc(C(=O)NCCc4nccs4)cc3c1)c1nnc(C)n1-2. The van der Waals surface area contributed by atoms with Crippen molar-refractivity contribution >= 4 is 91.2 Å². The lowest BCUT2D eigenvalue weighted by atomic mass is 9.99. The molecule has 4 aromatic carbocycles. The third-order valence-corrected chi connectivity index (χ3v) is 15.5.